The summed E-state index contributed by atoms with van der Waals surface area (Å²) in [5.41, 5.74) is 2.37. The molecule has 3 rings (SSSR count). The maximum Gasteiger partial charge on any atom is 0.248 e. The fourth-order valence-corrected chi connectivity index (χ4v) is 2.38. The van der Waals surface area contributed by atoms with Gasteiger partial charge in [-0.2, -0.15) is 0 Å². The first-order chi connectivity index (χ1) is 11.2. The highest BCUT2D eigenvalue weighted by Crippen LogP contribution is 2.17. The predicted molar refractivity (Wildman–Crippen MR) is 91.0 cm³/mol. The molecule has 114 valence electrons. The first-order valence-corrected chi connectivity index (χ1v) is 7.59. The molecule has 0 atom stereocenters. The molecule has 23 heavy (non-hydrogen) atoms. The van der Waals surface area contributed by atoms with E-state index in [0.29, 0.717) is 5.69 Å². The number of tetrazole rings is 1. The number of benzene rings is 2. The summed E-state index contributed by atoms with van der Waals surface area (Å²) >= 11 is 3.44. The van der Waals surface area contributed by atoms with Gasteiger partial charge in [-0.3, -0.25) is 4.79 Å². The second-order valence-corrected chi connectivity index (χ2v) is 5.50. The Labute approximate surface area is 141 Å². The van der Waals surface area contributed by atoms with Crippen molar-refractivity contribution < 1.29 is 4.79 Å². The number of carbonyl (C=O) groups excluding carboxylic acids is 1. The van der Waals surface area contributed by atoms with Crippen LogP contribution in [0.1, 0.15) is 5.56 Å². The zero-order valence-electron chi connectivity index (χ0n) is 11.9. The molecule has 6 nitrogen and oxygen atoms in total. The SMILES string of the molecule is O=C(C=Cc1ccccc1Br)Nc1cccc(-n2cnnn2)c1. The van der Waals surface area contributed by atoms with Gasteiger partial charge in [0.2, 0.25) is 5.91 Å². The molecule has 2 aromatic carbocycles. The van der Waals surface area contributed by atoms with Gasteiger partial charge in [0.1, 0.15) is 6.33 Å². The minimum Gasteiger partial charge on any atom is -0.322 e. The summed E-state index contributed by atoms with van der Waals surface area (Å²) in [6.07, 6.45) is 4.74. The molecule has 0 aliphatic carbocycles. The van der Waals surface area contributed by atoms with Crippen LogP contribution in [0.25, 0.3) is 11.8 Å². The van der Waals surface area contributed by atoms with Gasteiger partial charge in [-0.05, 0) is 46.3 Å². The molecule has 3 aromatic rings. The van der Waals surface area contributed by atoms with Crippen LogP contribution < -0.4 is 5.32 Å². The van der Waals surface area contributed by atoms with E-state index >= 15 is 0 Å². The minimum atomic E-state index is -0.213. The maximum atomic E-state index is 12.0. The lowest BCUT2D eigenvalue weighted by atomic mass is 10.2. The third kappa shape index (κ3) is 3.89. The molecule has 0 unspecified atom stereocenters. The highest BCUT2D eigenvalue weighted by atomic mass is 79.9. The van der Waals surface area contributed by atoms with Gasteiger partial charge >= 0.3 is 0 Å². The molecular weight excluding hydrogens is 358 g/mol. The standard InChI is InChI=1S/C16H12BrN5O/c17-15-7-2-1-4-12(15)8-9-16(23)19-13-5-3-6-14(10-13)22-11-18-20-21-22/h1-11H,(H,19,23). The molecule has 0 radical (unpaired) electrons. The number of aromatic nitrogens is 4. The summed E-state index contributed by atoms with van der Waals surface area (Å²) in [5.74, 6) is -0.213. The van der Waals surface area contributed by atoms with Crippen LogP contribution in [0.4, 0.5) is 5.69 Å². The Hall–Kier alpha value is -2.80. The van der Waals surface area contributed by atoms with E-state index < -0.39 is 0 Å². The van der Waals surface area contributed by atoms with Crippen molar-refractivity contribution in [2.75, 3.05) is 5.32 Å². The number of rotatable bonds is 4. The van der Waals surface area contributed by atoms with Gasteiger partial charge in [0.05, 0.1) is 5.69 Å². The van der Waals surface area contributed by atoms with Crippen molar-refractivity contribution in [1.82, 2.24) is 20.2 Å². The smallest absolute Gasteiger partial charge is 0.248 e. The van der Waals surface area contributed by atoms with E-state index in [1.165, 1.54) is 17.1 Å². The van der Waals surface area contributed by atoms with Gasteiger partial charge in [-0.15, -0.1) is 5.10 Å². The Morgan fingerprint density at radius 1 is 1.17 bits per heavy atom. The topological polar surface area (TPSA) is 72.7 Å². The summed E-state index contributed by atoms with van der Waals surface area (Å²) in [6, 6.07) is 15.0. The molecule has 0 saturated heterocycles. The number of carbonyl (C=O) groups is 1. The zero-order valence-corrected chi connectivity index (χ0v) is 13.5. The molecule has 0 bridgehead atoms. The molecule has 1 amide bonds. The van der Waals surface area contributed by atoms with Gasteiger partial charge in [0.25, 0.3) is 0 Å². The molecular formula is C16H12BrN5O. The Kier molecular flexibility index (Phi) is 4.58. The van der Waals surface area contributed by atoms with Crippen molar-refractivity contribution in [2.24, 2.45) is 0 Å². The molecule has 1 aromatic heterocycles. The summed E-state index contributed by atoms with van der Waals surface area (Å²) < 4.78 is 2.46. The van der Waals surface area contributed by atoms with Gasteiger partial charge in [-0.25, -0.2) is 4.68 Å². The number of halogens is 1. The third-order valence-corrected chi connectivity index (χ3v) is 3.77. The van der Waals surface area contributed by atoms with Gasteiger partial charge < -0.3 is 5.32 Å². The molecule has 0 saturated carbocycles. The fraction of sp³-hybridized carbons (Fsp3) is 0. The number of nitrogens with one attached hydrogen (secondary N) is 1. The van der Waals surface area contributed by atoms with Crippen LogP contribution >= 0.6 is 15.9 Å². The van der Waals surface area contributed by atoms with Crippen molar-refractivity contribution in [3.8, 4) is 5.69 Å². The zero-order chi connectivity index (χ0) is 16.1. The molecule has 7 heteroatoms. The van der Waals surface area contributed by atoms with Gasteiger partial charge in [-0.1, -0.05) is 40.2 Å². The number of hydrogen-bond donors (Lipinski definition) is 1. The van der Waals surface area contributed by atoms with E-state index in [-0.39, 0.29) is 5.91 Å². The fourth-order valence-electron chi connectivity index (χ4n) is 1.97. The first-order valence-electron chi connectivity index (χ1n) is 6.79. The number of hydrogen-bond acceptors (Lipinski definition) is 4. The third-order valence-electron chi connectivity index (χ3n) is 3.05. The normalized spacial score (nSPS) is 10.8. The minimum absolute atomic E-state index is 0.213. The molecule has 0 fully saturated rings. The van der Waals surface area contributed by atoms with E-state index in [9.17, 15) is 4.79 Å². The van der Waals surface area contributed by atoms with Crippen LogP contribution in [0.3, 0.4) is 0 Å². The Morgan fingerprint density at radius 2 is 2.04 bits per heavy atom. The second-order valence-electron chi connectivity index (χ2n) is 4.65. The molecule has 1 heterocycles. The number of anilines is 1. The Bertz CT molecular complexity index is 845. The summed E-state index contributed by atoms with van der Waals surface area (Å²) in [4.78, 5) is 12.0. The van der Waals surface area contributed by atoms with Gasteiger partial charge in [0.15, 0.2) is 0 Å². The second kappa shape index (κ2) is 6.97. The highest BCUT2D eigenvalue weighted by molar-refractivity contribution is 9.10. The quantitative estimate of drug-likeness (QED) is 0.717. The van der Waals surface area contributed by atoms with Crippen molar-refractivity contribution in [3.63, 3.8) is 0 Å². The van der Waals surface area contributed by atoms with Crippen molar-refractivity contribution in [1.29, 1.82) is 0 Å². The first kappa shape index (κ1) is 15.1. The molecule has 1 N–H and O–H groups in total. The lowest BCUT2D eigenvalue weighted by molar-refractivity contribution is -0.111. The van der Waals surface area contributed by atoms with E-state index in [1.54, 1.807) is 18.2 Å². The van der Waals surface area contributed by atoms with Crippen LogP contribution in [0.2, 0.25) is 0 Å². The van der Waals surface area contributed by atoms with E-state index in [4.69, 9.17) is 0 Å². The monoisotopic (exact) mass is 369 g/mol. The maximum absolute atomic E-state index is 12.0. The summed E-state index contributed by atoms with van der Waals surface area (Å²) in [5, 5.41) is 13.8. The number of nitrogens with zero attached hydrogens (tertiary/aromatic N) is 4. The van der Waals surface area contributed by atoms with Crippen molar-refractivity contribution >= 4 is 33.6 Å². The predicted octanol–water partition coefficient (Wildman–Crippen LogP) is 3.08. The van der Waals surface area contributed by atoms with E-state index in [1.807, 2.05) is 36.4 Å². The van der Waals surface area contributed by atoms with Crippen LogP contribution in [0.5, 0.6) is 0 Å². The number of amides is 1. The van der Waals surface area contributed by atoms with E-state index in [0.717, 1.165) is 15.7 Å². The summed E-state index contributed by atoms with van der Waals surface area (Å²) in [7, 11) is 0. The Morgan fingerprint density at radius 3 is 2.83 bits per heavy atom. The molecule has 0 aliphatic heterocycles. The molecule has 0 aliphatic rings. The molecule has 0 spiro atoms. The lowest BCUT2D eigenvalue weighted by Gasteiger charge is -2.05. The summed E-state index contributed by atoms with van der Waals surface area (Å²) in [6.45, 7) is 0. The highest BCUT2D eigenvalue weighted by Gasteiger charge is 2.02. The van der Waals surface area contributed by atoms with Crippen molar-refractivity contribution in [2.45, 2.75) is 0 Å². The largest absolute Gasteiger partial charge is 0.322 e. The van der Waals surface area contributed by atoms with Crippen LogP contribution in [-0.2, 0) is 4.79 Å². The average Bonchev–Trinajstić information content (AvgIpc) is 3.09. The Balaban J connectivity index is 1.71. The van der Waals surface area contributed by atoms with Crippen LogP contribution in [0, 0.1) is 0 Å². The van der Waals surface area contributed by atoms with Crippen LogP contribution in [0.15, 0.2) is 65.4 Å². The van der Waals surface area contributed by atoms with Crippen LogP contribution in [-0.4, -0.2) is 26.1 Å². The van der Waals surface area contributed by atoms with E-state index in [2.05, 4.69) is 36.8 Å². The average molecular weight is 370 g/mol. The van der Waals surface area contributed by atoms with Crippen molar-refractivity contribution in [3.05, 3.63) is 71.0 Å². The van der Waals surface area contributed by atoms with Gasteiger partial charge in [0, 0.05) is 16.2 Å². The lowest BCUT2D eigenvalue weighted by Crippen LogP contribution is -2.08.